The van der Waals surface area contributed by atoms with E-state index in [4.69, 9.17) is 47.7 Å². The van der Waals surface area contributed by atoms with Crippen molar-refractivity contribution in [1.29, 1.82) is 0 Å². The lowest BCUT2D eigenvalue weighted by molar-refractivity contribution is -0.378. The topological polar surface area (TPSA) is 418 Å². The van der Waals surface area contributed by atoms with Crippen molar-refractivity contribution < 1.29 is 129 Å². The fourth-order valence-electron chi connectivity index (χ4n) is 13.8. The molecule has 0 unspecified atom stereocenters. The monoisotopic (exact) mass is 1050 g/mol. The number of aliphatic carboxylic acids is 1. The SMILES string of the molecule is C=C1C[C@@]23CC[C@H]4[C@@](C)(CCC[C@@]4(C)C(=O)O[C@@H]4O[C@H](CO)[C@@H](O)[C@H](O)[C@H]4O[C@@H]4O[C@H](CO)[C@@H](O)[C@H](O)[C@H]4O)[C@@H]2CC[C@@]1(O[C@@H]1O[C@H](CO)[C@@H](O)[C@H](O)[C@H]1O[C@@H]1O[C@H](COC(=O)CC(=O)O)[C@@H](O)[C@H](O)[C@H]1O)C3. The number of hydrogen-bond acceptors (Lipinski definition) is 25. The van der Waals surface area contributed by atoms with Gasteiger partial charge in [-0.25, -0.2) is 0 Å². The molecule has 0 aromatic heterocycles. The number of aliphatic hydroxyl groups excluding tert-OH is 13. The highest BCUT2D eigenvalue weighted by atomic mass is 16.8. The molecule has 73 heavy (non-hydrogen) atoms. The summed E-state index contributed by atoms with van der Waals surface area (Å²) in [6, 6.07) is 0. The van der Waals surface area contributed by atoms with Gasteiger partial charge >= 0.3 is 17.9 Å². The standard InChI is InChI=1S/C47H72O26/c1-18-12-46-9-5-23-44(2,7-4-8-45(23,3)43(64)72-41-37(33(60)28(55)20(14-49)67-41)70-39-35(62)31(58)27(54)19(13-48)66-39)24(46)6-10-47(18,17-46)73-42-38(34(61)29(56)21(15-50)68-42)71-40-36(63)32(59)30(57)22(69-40)16-65-26(53)11-25(51)52/h19-24,27-42,48-50,54-63H,1,4-17H2,2-3H3,(H,51,52)/t19-,20-,21-,22-,23+,24+,27-,28-,29-,30-,31+,32+,33+,34+,35-,36-,37-,38-,39+,40+,41+,42+,44-,45-,46-,47-/m1/s1. The Morgan fingerprint density at radius 3 is 1.66 bits per heavy atom. The smallest absolute Gasteiger partial charge is 0.317 e. The maximum atomic E-state index is 14.8. The minimum Gasteiger partial charge on any atom is -0.481 e. The Morgan fingerprint density at radius 2 is 1.10 bits per heavy atom. The molecule has 0 aromatic rings. The normalized spacial score (nSPS) is 50.9. The zero-order valence-corrected chi connectivity index (χ0v) is 40.5. The van der Waals surface area contributed by atoms with Crippen LogP contribution in [0.25, 0.3) is 0 Å². The average Bonchev–Trinajstić information content (AvgIpc) is 3.54. The highest BCUT2D eigenvalue weighted by Crippen LogP contribution is 2.74. The molecule has 4 aliphatic heterocycles. The molecule has 4 heterocycles. The summed E-state index contributed by atoms with van der Waals surface area (Å²) in [4.78, 5) is 37.7. The number of carbonyl (C=O) groups is 3. The van der Waals surface area contributed by atoms with E-state index in [1.807, 2.05) is 0 Å². The van der Waals surface area contributed by atoms with E-state index < -0.39 is 195 Å². The first-order valence-corrected chi connectivity index (χ1v) is 24.9. The van der Waals surface area contributed by atoms with Crippen molar-refractivity contribution in [2.24, 2.45) is 28.1 Å². The third-order valence-corrected chi connectivity index (χ3v) is 17.6. The molecule has 2 bridgehead atoms. The van der Waals surface area contributed by atoms with Crippen LogP contribution in [-0.2, 0) is 57.0 Å². The largest absolute Gasteiger partial charge is 0.481 e. The van der Waals surface area contributed by atoms with E-state index in [1.54, 1.807) is 6.92 Å². The molecule has 8 rings (SSSR count). The fourth-order valence-corrected chi connectivity index (χ4v) is 13.8. The van der Waals surface area contributed by atoms with Gasteiger partial charge in [-0.1, -0.05) is 19.9 Å². The number of aliphatic hydroxyl groups is 13. The van der Waals surface area contributed by atoms with Crippen LogP contribution >= 0.6 is 0 Å². The fraction of sp³-hybridized carbons (Fsp3) is 0.894. The lowest BCUT2D eigenvalue weighted by Gasteiger charge is -2.64. The van der Waals surface area contributed by atoms with Crippen LogP contribution in [-0.4, -0.2) is 244 Å². The van der Waals surface area contributed by atoms with Gasteiger partial charge in [-0.05, 0) is 86.5 Å². The minimum absolute atomic E-state index is 0.0248. The quantitative estimate of drug-likeness (QED) is 0.0316. The summed E-state index contributed by atoms with van der Waals surface area (Å²) in [6.07, 6.45) is -31.3. The van der Waals surface area contributed by atoms with Gasteiger partial charge in [0.1, 0.15) is 105 Å². The van der Waals surface area contributed by atoms with E-state index >= 15 is 0 Å². The number of carboxylic acid groups (broad SMARTS) is 1. The van der Waals surface area contributed by atoms with Gasteiger partial charge in [0.15, 0.2) is 25.0 Å². The molecule has 14 N–H and O–H groups in total. The summed E-state index contributed by atoms with van der Waals surface area (Å²) in [6.45, 7) is 5.30. The zero-order valence-electron chi connectivity index (χ0n) is 40.5. The molecule has 0 radical (unpaired) electrons. The van der Waals surface area contributed by atoms with Gasteiger partial charge in [0.05, 0.1) is 30.8 Å². The van der Waals surface area contributed by atoms with Gasteiger partial charge in [-0.2, -0.15) is 0 Å². The highest BCUT2D eigenvalue weighted by Gasteiger charge is 2.70. The Morgan fingerprint density at radius 1 is 0.603 bits per heavy atom. The first-order chi connectivity index (χ1) is 34.4. The van der Waals surface area contributed by atoms with Crippen LogP contribution in [0, 0.1) is 28.1 Å². The summed E-state index contributed by atoms with van der Waals surface area (Å²) in [5.74, 6) is -3.71. The molecule has 8 aliphatic rings. The van der Waals surface area contributed by atoms with Crippen LogP contribution in [0.1, 0.15) is 78.1 Å². The number of ether oxygens (including phenoxy) is 9. The highest BCUT2D eigenvalue weighted by molar-refractivity contribution is 5.90. The Hall–Kier alpha value is -2.65. The third-order valence-electron chi connectivity index (χ3n) is 17.6. The van der Waals surface area contributed by atoms with E-state index in [2.05, 4.69) is 13.5 Å². The average molecular weight is 1050 g/mol. The van der Waals surface area contributed by atoms with Gasteiger partial charge in [-0.3, -0.25) is 14.4 Å². The number of rotatable bonds is 15. The Labute approximate surface area is 418 Å². The van der Waals surface area contributed by atoms with Crippen LogP contribution in [0.5, 0.6) is 0 Å². The van der Waals surface area contributed by atoms with Crippen molar-refractivity contribution in [1.82, 2.24) is 0 Å². The van der Waals surface area contributed by atoms with Crippen molar-refractivity contribution in [3.8, 4) is 0 Å². The zero-order chi connectivity index (χ0) is 53.3. The van der Waals surface area contributed by atoms with Gasteiger partial charge in [0.2, 0.25) is 6.29 Å². The lowest BCUT2D eigenvalue weighted by Crippen LogP contribution is -2.66. The van der Waals surface area contributed by atoms with E-state index in [-0.39, 0.29) is 11.8 Å². The van der Waals surface area contributed by atoms with E-state index in [0.717, 1.165) is 6.42 Å². The number of esters is 2. The van der Waals surface area contributed by atoms with E-state index in [1.165, 1.54) is 0 Å². The van der Waals surface area contributed by atoms with Crippen LogP contribution in [0.15, 0.2) is 12.2 Å². The number of carboxylic acids is 1. The van der Waals surface area contributed by atoms with Crippen molar-refractivity contribution in [2.75, 3.05) is 26.4 Å². The number of hydrogen-bond donors (Lipinski definition) is 14. The van der Waals surface area contributed by atoms with Crippen LogP contribution < -0.4 is 0 Å². The molecule has 4 saturated carbocycles. The van der Waals surface area contributed by atoms with Crippen LogP contribution in [0.3, 0.4) is 0 Å². The molecule has 8 fully saturated rings. The first-order valence-electron chi connectivity index (χ1n) is 24.9. The molecule has 26 nitrogen and oxygen atoms in total. The van der Waals surface area contributed by atoms with Crippen molar-refractivity contribution >= 4 is 17.9 Å². The van der Waals surface area contributed by atoms with E-state index in [9.17, 15) is 80.8 Å². The van der Waals surface area contributed by atoms with Crippen LogP contribution in [0.2, 0.25) is 0 Å². The van der Waals surface area contributed by atoms with Gasteiger partial charge in [-0.15, -0.1) is 0 Å². The van der Waals surface area contributed by atoms with Gasteiger partial charge in [0, 0.05) is 0 Å². The maximum absolute atomic E-state index is 14.8. The first kappa shape index (κ1) is 56.6. The Balaban J connectivity index is 0.992. The second kappa shape index (κ2) is 21.6. The summed E-state index contributed by atoms with van der Waals surface area (Å²) < 4.78 is 52.7. The van der Waals surface area contributed by atoms with Crippen LogP contribution in [0.4, 0.5) is 0 Å². The predicted molar refractivity (Wildman–Crippen MR) is 235 cm³/mol. The molecule has 0 aromatic carbocycles. The molecular weight excluding hydrogens is 980 g/mol. The molecule has 4 saturated heterocycles. The molecule has 26 atom stereocenters. The third kappa shape index (κ3) is 10.1. The van der Waals surface area contributed by atoms with Gasteiger partial charge < -0.3 is 114 Å². The van der Waals surface area contributed by atoms with Gasteiger partial charge in [0.25, 0.3) is 0 Å². The second-order valence-electron chi connectivity index (χ2n) is 21.9. The summed E-state index contributed by atoms with van der Waals surface area (Å²) in [5, 5.41) is 147. The van der Waals surface area contributed by atoms with Crippen molar-refractivity contribution in [2.45, 2.75) is 206 Å². The summed E-state index contributed by atoms with van der Waals surface area (Å²) in [7, 11) is 0. The Bertz CT molecular complexity index is 2000. The molecule has 1 spiro atoms. The molecular formula is C47H72O26. The van der Waals surface area contributed by atoms with Crippen molar-refractivity contribution in [3.63, 3.8) is 0 Å². The molecule has 0 amide bonds. The number of carbonyl (C=O) groups excluding carboxylic acids is 2. The summed E-state index contributed by atoms with van der Waals surface area (Å²) >= 11 is 0. The minimum atomic E-state index is -1.98. The molecule has 26 heteroatoms. The Kier molecular flexibility index (Phi) is 16.8. The van der Waals surface area contributed by atoms with E-state index in [0.29, 0.717) is 56.9 Å². The lowest BCUT2D eigenvalue weighted by atomic mass is 9.41. The number of fused-ring (bicyclic) bond motifs is 3. The maximum Gasteiger partial charge on any atom is 0.317 e. The second-order valence-corrected chi connectivity index (χ2v) is 21.9. The molecule has 4 aliphatic carbocycles. The summed E-state index contributed by atoms with van der Waals surface area (Å²) in [5.41, 5.74) is -2.56. The predicted octanol–water partition coefficient (Wildman–Crippen LogP) is -5.09. The molecule has 416 valence electrons. The van der Waals surface area contributed by atoms with Crippen molar-refractivity contribution in [3.05, 3.63) is 12.2 Å².